The van der Waals surface area contributed by atoms with Gasteiger partial charge in [0.05, 0.1) is 18.2 Å². The molecule has 3 heterocycles. The third kappa shape index (κ3) is 7.10. The van der Waals surface area contributed by atoms with Gasteiger partial charge in [0.25, 0.3) is 5.91 Å². The van der Waals surface area contributed by atoms with Gasteiger partial charge in [0.15, 0.2) is 0 Å². The number of fused-ring (bicyclic) bond motifs is 1. The lowest BCUT2D eigenvalue weighted by Crippen LogP contribution is -2.67. The summed E-state index contributed by atoms with van der Waals surface area (Å²) in [6, 6.07) is 9.87. The van der Waals surface area contributed by atoms with Crippen LogP contribution in [-0.4, -0.2) is 110 Å². The second-order valence-electron chi connectivity index (χ2n) is 11.1. The van der Waals surface area contributed by atoms with Gasteiger partial charge in [-0.3, -0.25) is 14.5 Å². The van der Waals surface area contributed by atoms with E-state index in [2.05, 4.69) is 25.7 Å². The van der Waals surface area contributed by atoms with E-state index < -0.39 is 17.6 Å². The number of rotatable bonds is 8. The Balaban J connectivity index is 1.19. The van der Waals surface area contributed by atoms with Gasteiger partial charge in [0.2, 0.25) is 5.91 Å². The number of amides is 2. The molecule has 0 bridgehead atoms. The van der Waals surface area contributed by atoms with E-state index in [9.17, 15) is 27.2 Å². The van der Waals surface area contributed by atoms with Gasteiger partial charge in [-0.05, 0) is 48.9 Å². The second kappa shape index (κ2) is 12.4. The van der Waals surface area contributed by atoms with Crippen LogP contribution in [0.15, 0.2) is 46.9 Å². The van der Waals surface area contributed by atoms with E-state index >= 15 is 0 Å². The van der Waals surface area contributed by atoms with Gasteiger partial charge in [-0.2, -0.15) is 13.2 Å². The molecule has 222 valence electrons. The van der Waals surface area contributed by atoms with Gasteiger partial charge >= 0.3 is 6.18 Å². The van der Waals surface area contributed by atoms with Crippen LogP contribution in [0, 0.1) is 5.82 Å². The van der Waals surface area contributed by atoms with Gasteiger partial charge in [0.1, 0.15) is 12.4 Å². The van der Waals surface area contributed by atoms with Crippen LogP contribution < -0.4 is 0 Å². The predicted molar refractivity (Wildman–Crippen MR) is 148 cm³/mol. The fourth-order valence-corrected chi connectivity index (χ4v) is 6.44. The number of alkyl halides is 3. The average Bonchev–Trinajstić information content (AvgIpc) is 2.90. The van der Waals surface area contributed by atoms with Crippen molar-refractivity contribution >= 4 is 27.7 Å². The van der Waals surface area contributed by atoms with Gasteiger partial charge in [0, 0.05) is 68.3 Å². The SMILES string of the molecule is CN(CC(CCN1CC(N2CCN3C(=O)COCC3C2)C1)c1ccc(F)cc1)C(=O)c1cc(Br)cc(C(F)(F)F)c1. The Kier molecular flexibility index (Phi) is 9.03. The summed E-state index contributed by atoms with van der Waals surface area (Å²) in [4.78, 5) is 33.4. The molecule has 0 radical (unpaired) electrons. The van der Waals surface area contributed by atoms with E-state index in [1.807, 2.05) is 4.90 Å². The zero-order valence-corrected chi connectivity index (χ0v) is 24.3. The third-order valence-electron chi connectivity index (χ3n) is 8.27. The molecule has 41 heavy (non-hydrogen) atoms. The van der Waals surface area contributed by atoms with Crippen LogP contribution in [0.3, 0.4) is 0 Å². The molecule has 2 amide bonds. The molecular weight excluding hydrogens is 608 g/mol. The topological polar surface area (TPSA) is 56.3 Å². The molecule has 3 fully saturated rings. The van der Waals surface area contributed by atoms with E-state index in [0.29, 0.717) is 19.1 Å². The van der Waals surface area contributed by atoms with Crippen LogP contribution in [0.5, 0.6) is 0 Å². The van der Waals surface area contributed by atoms with Crippen molar-refractivity contribution in [2.45, 2.75) is 30.6 Å². The van der Waals surface area contributed by atoms with E-state index in [1.54, 1.807) is 19.2 Å². The Labute approximate surface area is 245 Å². The minimum absolute atomic E-state index is 0.0530. The molecule has 2 aromatic carbocycles. The lowest BCUT2D eigenvalue weighted by atomic mass is 9.93. The highest BCUT2D eigenvalue weighted by Crippen LogP contribution is 2.33. The smallest absolute Gasteiger partial charge is 0.369 e. The lowest BCUT2D eigenvalue weighted by molar-refractivity contribution is -0.154. The molecule has 0 aliphatic carbocycles. The highest BCUT2D eigenvalue weighted by atomic mass is 79.9. The summed E-state index contributed by atoms with van der Waals surface area (Å²) in [6.45, 7) is 5.93. The quantitative estimate of drug-likeness (QED) is 0.407. The highest BCUT2D eigenvalue weighted by molar-refractivity contribution is 9.10. The third-order valence-corrected chi connectivity index (χ3v) is 8.73. The molecule has 0 saturated carbocycles. The number of ether oxygens (including phenoxy) is 1. The first-order chi connectivity index (χ1) is 19.5. The number of benzene rings is 2. The van der Waals surface area contributed by atoms with Crippen molar-refractivity contribution in [2.75, 3.05) is 66.1 Å². The molecule has 3 aliphatic heterocycles. The van der Waals surface area contributed by atoms with Crippen molar-refractivity contribution in [2.24, 2.45) is 0 Å². The Hall–Kier alpha value is -2.54. The van der Waals surface area contributed by atoms with E-state index in [4.69, 9.17) is 4.74 Å². The van der Waals surface area contributed by atoms with Gasteiger partial charge in [-0.25, -0.2) is 4.39 Å². The zero-order valence-electron chi connectivity index (χ0n) is 22.7. The summed E-state index contributed by atoms with van der Waals surface area (Å²) in [5.74, 6) is -0.947. The fraction of sp³-hybridized carbons (Fsp3) is 0.517. The Morgan fingerprint density at radius 2 is 1.83 bits per heavy atom. The molecule has 2 aromatic rings. The molecule has 2 unspecified atom stereocenters. The van der Waals surface area contributed by atoms with Crippen LogP contribution >= 0.6 is 15.9 Å². The fourth-order valence-electron chi connectivity index (χ4n) is 5.95. The number of piperazine rings is 1. The van der Waals surface area contributed by atoms with Crippen molar-refractivity contribution in [3.63, 3.8) is 0 Å². The van der Waals surface area contributed by atoms with Crippen molar-refractivity contribution in [1.29, 1.82) is 0 Å². The number of carbonyl (C=O) groups excluding carboxylic acids is 2. The monoisotopic (exact) mass is 640 g/mol. The first kappa shape index (κ1) is 29.9. The molecular formula is C29H33BrF4N4O3. The van der Waals surface area contributed by atoms with Crippen LogP contribution in [0.2, 0.25) is 0 Å². The summed E-state index contributed by atoms with van der Waals surface area (Å²) in [7, 11) is 1.58. The minimum atomic E-state index is -4.57. The Morgan fingerprint density at radius 3 is 2.54 bits per heavy atom. The zero-order chi connectivity index (χ0) is 29.3. The second-order valence-corrected chi connectivity index (χ2v) is 12.0. The highest BCUT2D eigenvalue weighted by Gasteiger charge is 2.39. The standard InChI is InChI=1S/C29H33BrF4N4O3/c1-35(28(40)21-10-22(29(32,33)34)12-23(30)11-21)13-20(19-2-4-24(31)5-3-19)6-7-36-14-25(15-36)37-8-9-38-26(16-37)17-41-18-27(38)39/h2-5,10-12,20,25-26H,6-9,13-18H2,1H3. The Bertz CT molecular complexity index is 1260. The van der Waals surface area contributed by atoms with Crippen molar-refractivity contribution in [1.82, 2.24) is 19.6 Å². The van der Waals surface area contributed by atoms with Crippen LogP contribution in [0.25, 0.3) is 0 Å². The largest absolute Gasteiger partial charge is 0.416 e. The van der Waals surface area contributed by atoms with E-state index in [0.717, 1.165) is 57.0 Å². The summed E-state index contributed by atoms with van der Waals surface area (Å²) in [5.41, 5.74) is -0.0793. The number of hydrogen-bond donors (Lipinski definition) is 0. The van der Waals surface area contributed by atoms with E-state index in [1.165, 1.54) is 23.1 Å². The number of likely N-dealkylation sites (N-methyl/N-ethyl adjacent to an activating group) is 1. The number of morpholine rings is 1. The number of carbonyl (C=O) groups is 2. The average molecular weight is 642 g/mol. The van der Waals surface area contributed by atoms with Gasteiger partial charge in [-0.1, -0.05) is 28.1 Å². The van der Waals surface area contributed by atoms with Crippen molar-refractivity contribution < 1.29 is 31.9 Å². The maximum atomic E-state index is 13.7. The maximum absolute atomic E-state index is 13.7. The van der Waals surface area contributed by atoms with Crippen molar-refractivity contribution in [3.05, 3.63) is 69.4 Å². The molecule has 0 spiro atoms. The van der Waals surface area contributed by atoms with Crippen LogP contribution in [-0.2, 0) is 15.7 Å². The normalized spacial score (nSPS) is 21.4. The summed E-state index contributed by atoms with van der Waals surface area (Å²) in [5, 5.41) is 0. The number of halogens is 5. The first-order valence-corrected chi connectivity index (χ1v) is 14.5. The van der Waals surface area contributed by atoms with Crippen molar-refractivity contribution in [3.8, 4) is 0 Å². The molecule has 12 heteroatoms. The predicted octanol–water partition coefficient (Wildman–Crippen LogP) is 4.08. The summed E-state index contributed by atoms with van der Waals surface area (Å²) < 4.78 is 59.2. The molecule has 3 aliphatic rings. The Morgan fingerprint density at radius 1 is 1.10 bits per heavy atom. The first-order valence-electron chi connectivity index (χ1n) is 13.7. The van der Waals surface area contributed by atoms with Gasteiger partial charge in [-0.15, -0.1) is 0 Å². The number of nitrogens with zero attached hydrogens (tertiary/aromatic N) is 4. The van der Waals surface area contributed by atoms with Crippen LogP contribution in [0.1, 0.15) is 33.8 Å². The summed E-state index contributed by atoms with van der Waals surface area (Å²) in [6.07, 6.45) is -3.88. The van der Waals surface area contributed by atoms with Gasteiger partial charge < -0.3 is 19.4 Å². The minimum Gasteiger partial charge on any atom is -0.369 e. The molecule has 7 nitrogen and oxygen atoms in total. The number of likely N-dealkylation sites (tertiary alicyclic amines) is 1. The van der Waals surface area contributed by atoms with E-state index in [-0.39, 0.29) is 46.9 Å². The molecule has 5 rings (SSSR count). The molecule has 0 N–H and O–H groups in total. The molecule has 3 saturated heterocycles. The molecule has 0 aromatic heterocycles. The molecule has 2 atom stereocenters. The summed E-state index contributed by atoms with van der Waals surface area (Å²) >= 11 is 3.09. The number of hydrogen-bond acceptors (Lipinski definition) is 5. The maximum Gasteiger partial charge on any atom is 0.416 e. The lowest BCUT2D eigenvalue weighted by Gasteiger charge is -2.51. The van der Waals surface area contributed by atoms with Crippen LogP contribution in [0.4, 0.5) is 17.6 Å².